The second kappa shape index (κ2) is 8.31. The topological polar surface area (TPSA) is 74.2 Å². The Balaban J connectivity index is 1.79. The van der Waals surface area contributed by atoms with Crippen LogP contribution in [-0.2, 0) is 16.0 Å². The SMILES string of the molecule is COc1ccc(C(O)C2C(=O)OC[C@@H]2Cc2ccc(OC)c(OC)c2)cc1. The Morgan fingerprint density at radius 1 is 1.04 bits per heavy atom. The van der Waals surface area contributed by atoms with Crippen molar-refractivity contribution in [2.24, 2.45) is 11.8 Å². The summed E-state index contributed by atoms with van der Waals surface area (Å²) in [7, 11) is 4.75. The molecule has 1 heterocycles. The summed E-state index contributed by atoms with van der Waals surface area (Å²) in [5.74, 6) is 0.854. The van der Waals surface area contributed by atoms with Crippen LogP contribution in [0.3, 0.4) is 0 Å². The molecule has 3 atom stereocenters. The molecule has 1 N–H and O–H groups in total. The predicted octanol–water partition coefficient (Wildman–Crippen LogP) is 2.78. The van der Waals surface area contributed by atoms with E-state index in [0.717, 1.165) is 5.56 Å². The van der Waals surface area contributed by atoms with Crippen LogP contribution in [0.25, 0.3) is 0 Å². The van der Waals surface area contributed by atoms with E-state index in [4.69, 9.17) is 18.9 Å². The molecule has 0 radical (unpaired) electrons. The van der Waals surface area contributed by atoms with Gasteiger partial charge in [-0.25, -0.2) is 0 Å². The molecule has 0 bridgehead atoms. The van der Waals surface area contributed by atoms with Crippen molar-refractivity contribution >= 4 is 5.97 Å². The Bertz CT molecular complexity index is 786. The lowest BCUT2D eigenvalue weighted by molar-refractivity contribution is -0.144. The second-order valence-electron chi connectivity index (χ2n) is 6.53. The van der Waals surface area contributed by atoms with Crippen molar-refractivity contribution in [2.45, 2.75) is 12.5 Å². The zero-order chi connectivity index (χ0) is 19.4. The van der Waals surface area contributed by atoms with Crippen molar-refractivity contribution in [3.05, 3.63) is 53.6 Å². The van der Waals surface area contributed by atoms with E-state index in [-0.39, 0.29) is 18.5 Å². The van der Waals surface area contributed by atoms with E-state index in [9.17, 15) is 9.90 Å². The normalized spacial score (nSPS) is 20.1. The summed E-state index contributed by atoms with van der Waals surface area (Å²) in [5, 5.41) is 10.8. The van der Waals surface area contributed by atoms with Gasteiger partial charge in [0.1, 0.15) is 5.75 Å². The zero-order valence-corrected chi connectivity index (χ0v) is 15.7. The first-order valence-corrected chi connectivity index (χ1v) is 8.77. The molecule has 2 aromatic rings. The monoisotopic (exact) mass is 372 g/mol. The van der Waals surface area contributed by atoms with E-state index < -0.39 is 12.0 Å². The molecule has 2 unspecified atom stereocenters. The van der Waals surface area contributed by atoms with Gasteiger partial charge < -0.3 is 24.1 Å². The van der Waals surface area contributed by atoms with Crippen molar-refractivity contribution in [1.29, 1.82) is 0 Å². The molecule has 0 spiro atoms. The largest absolute Gasteiger partial charge is 0.497 e. The van der Waals surface area contributed by atoms with Crippen LogP contribution >= 0.6 is 0 Å². The molecule has 0 amide bonds. The molecule has 0 saturated carbocycles. The number of benzene rings is 2. The third-order valence-electron chi connectivity index (χ3n) is 4.96. The van der Waals surface area contributed by atoms with Crippen LogP contribution in [0.5, 0.6) is 17.2 Å². The maximum Gasteiger partial charge on any atom is 0.312 e. The number of hydrogen-bond acceptors (Lipinski definition) is 6. The highest BCUT2D eigenvalue weighted by atomic mass is 16.5. The van der Waals surface area contributed by atoms with E-state index in [1.807, 2.05) is 18.2 Å². The van der Waals surface area contributed by atoms with Gasteiger partial charge in [-0.05, 0) is 41.8 Å². The highest BCUT2D eigenvalue weighted by molar-refractivity contribution is 5.75. The van der Waals surface area contributed by atoms with E-state index in [1.54, 1.807) is 45.6 Å². The van der Waals surface area contributed by atoms with Gasteiger partial charge in [0.25, 0.3) is 0 Å². The smallest absolute Gasteiger partial charge is 0.312 e. The van der Waals surface area contributed by atoms with Crippen LogP contribution < -0.4 is 14.2 Å². The fraction of sp³-hybridized carbons (Fsp3) is 0.381. The summed E-state index contributed by atoms with van der Waals surface area (Å²) >= 11 is 0. The van der Waals surface area contributed by atoms with Crippen molar-refractivity contribution in [1.82, 2.24) is 0 Å². The highest BCUT2D eigenvalue weighted by Crippen LogP contribution is 2.37. The lowest BCUT2D eigenvalue weighted by atomic mass is 9.83. The average molecular weight is 372 g/mol. The molecular weight excluding hydrogens is 348 g/mol. The fourth-order valence-corrected chi connectivity index (χ4v) is 3.47. The van der Waals surface area contributed by atoms with Crippen LogP contribution in [0.2, 0.25) is 0 Å². The van der Waals surface area contributed by atoms with Crippen molar-refractivity contribution in [3.8, 4) is 17.2 Å². The van der Waals surface area contributed by atoms with E-state index in [2.05, 4.69) is 0 Å². The Morgan fingerprint density at radius 3 is 2.37 bits per heavy atom. The minimum atomic E-state index is -0.934. The molecule has 27 heavy (non-hydrogen) atoms. The number of esters is 1. The van der Waals surface area contributed by atoms with Crippen molar-refractivity contribution < 1.29 is 28.8 Å². The lowest BCUT2D eigenvalue weighted by Gasteiger charge is -2.22. The van der Waals surface area contributed by atoms with Gasteiger partial charge >= 0.3 is 5.97 Å². The first-order valence-electron chi connectivity index (χ1n) is 8.77. The molecule has 0 aliphatic carbocycles. The summed E-state index contributed by atoms with van der Waals surface area (Å²) in [6.07, 6.45) is -0.347. The summed E-state index contributed by atoms with van der Waals surface area (Å²) in [6, 6.07) is 12.7. The number of rotatable bonds is 7. The summed E-state index contributed by atoms with van der Waals surface area (Å²) in [5.41, 5.74) is 1.65. The highest BCUT2D eigenvalue weighted by Gasteiger charge is 2.42. The molecular formula is C21H24O6. The third-order valence-corrected chi connectivity index (χ3v) is 4.96. The van der Waals surface area contributed by atoms with Gasteiger partial charge in [-0.1, -0.05) is 18.2 Å². The van der Waals surface area contributed by atoms with Gasteiger partial charge in [-0.15, -0.1) is 0 Å². The van der Waals surface area contributed by atoms with Gasteiger partial charge in [0.2, 0.25) is 0 Å². The van der Waals surface area contributed by atoms with Gasteiger partial charge in [0, 0.05) is 5.92 Å². The number of carbonyl (C=O) groups excluding carboxylic acids is 1. The quantitative estimate of drug-likeness (QED) is 0.754. The van der Waals surface area contributed by atoms with Crippen LogP contribution in [0.15, 0.2) is 42.5 Å². The summed E-state index contributed by atoms with van der Waals surface area (Å²) in [4.78, 5) is 12.3. The van der Waals surface area contributed by atoms with E-state index in [1.165, 1.54) is 0 Å². The summed E-state index contributed by atoms with van der Waals surface area (Å²) in [6.45, 7) is 0.283. The molecule has 3 rings (SSSR count). The van der Waals surface area contributed by atoms with E-state index in [0.29, 0.717) is 29.2 Å². The Kier molecular flexibility index (Phi) is 5.86. The molecule has 1 fully saturated rings. The summed E-state index contributed by atoms with van der Waals surface area (Å²) < 4.78 is 21.0. The van der Waals surface area contributed by atoms with Crippen LogP contribution in [0, 0.1) is 11.8 Å². The minimum Gasteiger partial charge on any atom is -0.497 e. The van der Waals surface area contributed by atoms with E-state index >= 15 is 0 Å². The number of aliphatic hydroxyl groups is 1. The first kappa shape index (κ1) is 19.0. The van der Waals surface area contributed by atoms with Gasteiger partial charge in [0.15, 0.2) is 11.5 Å². The number of carbonyl (C=O) groups is 1. The van der Waals surface area contributed by atoms with Crippen LogP contribution in [0.1, 0.15) is 17.2 Å². The van der Waals surface area contributed by atoms with Crippen molar-refractivity contribution in [2.75, 3.05) is 27.9 Å². The maximum atomic E-state index is 12.3. The number of cyclic esters (lactones) is 1. The zero-order valence-electron chi connectivity index (χ0n) is 15.7. The minimum absolute atomic E-state index is 0.132. The van der Waals surface area contributed by atoms with Gasteiger partial charge in [-0.2, -0.15) is 0 Å². The molecule has 2 aromatic carbocycles. The van der Waals surface area contributed by atoms with Crippen LogP contribution in [0.4, 0.5) is 0 Å². The average Bonchev–Trinajstić information content (AvgIpc) is 3.07. The number of methoxy groups -OCH3 is 3. The number of hydrogen-bond donors (Lipinski definition) is 1. The molecule has 6 nitrogen and oxygen atoms in total. The molecule has 1 aliphatic rings. The number of ether oxygens (including phenoxy) is 4. The second-order valence-corrected chi connectivity index (χ2v) is 6.53. The molecule has 6 heteroatoms. The molecule has 1 aliphatic heterocycles. The fourth-order valence-electron chi connectivity index (χ4n) is 3.47. The predicted molar refractivity (Wildman–Crippen MR) is 99.1 cm³/mol. The van der Waals surface area contributed by atoms with Crippen LogP contribution in [-0.4, -0.2) is 39.0 Å². The Morgan fingerprint density at radius 2 is 1.74 bits per heavy atom. The Labute approximate surface area is 158 Å². The van der Waals surface area contributed by atoms with Gasteiger partial charge in [0.05, 0.1) is 40.0 Å². The lowest BCUT2D eigenvalue weighted by Crippen LogP contribution is -2.25. The molecule has 0 aromatic heterocycles. The standard InChI is InChI=1S/C21H24O6/c1-24-16-7-5-14(6-8-16)20(22)19-15(12-27-21(19)23)10-13-4-9-17(25-2)18(11-13)26-3/h4-9,11,15,19-20,22H,10,12H2,1-3H3/t15-,19?,20?/m0/s1. The Hall–Kier alpha value is -2.73. The molecule has 1 saturated heterocycles. The number of aliphatic hydroxyl groups excluding tert-OH is 1. The first-order chi connectivity index (χ1) is 13.1. The van der Waals surface area contributed by atoms with Gasteiger partial charge in [-0.3, -0.25) is 4.79 Å². The van der Waals surface area contributed by atoms with Crippen molar-refractivity contribution in [3.63, 3.8) is 0 Å². The third kappa shape index (κ3) is 4.01. The maximum absolute atomic E-state index is 12.3. The molecule has 144 valence electrons.